The number of hydrogen-bond acceptors (Lipinski definition) is 7. The summed E-state index contributed by atoms with van der Waals surface area (Å²) in [6.07, 6.45) is 6.11. The highest BCUT2D eigenvalue weighted by molar-refractivity contribution is 6.04. The van der Waals surface area contributed by atoms with Crippen LogP contribution in [0.2, 0.25) is 0 Å². The molecule has 52 heavy (non-hydrogen) atoms. The second kappa shape index (κ2) is 13.8. The number of nitrogens with zero attached hydrogens (tertiary/aromatic N) is 6. The number of imidazole rings is 1. The number of aromatic nitrogens is 5. The summed E-state index contributed by atoms with van der Waals surface area (Å²) >= 11 is 0. The lowest BCUT2D eigenvalue weighted by Gasteiger charge is -2.38. The number of carbonyl (C=O) groups excluding carboxylic acids is 3. The Morgan fingerprint density at radius 1 is 1.00 bits per heavy atom. The van der Waals surface area contributed by atoms with Crippen molar-refractivity contribution in [2.75, 3.05) is 25.0 Å². The van der Waals surface area contributed by atoms with E-state index in [0.29, 0.717) is 41.3 Å². The Labute approximate surface area is 300 Å². The van der Waals surface area contributed by atoms with Gasteiger partial charge in [-0.25, -0.2) is 14.2 Å². The van der Waals surface area contributed by atoms with Crippen molar-refractivity contribution in [3.05, 3.63) is 88.2 Å². The molecule has 0 bridgehead atoms. The van der Waals surface area contributed by atoms with Crippen molar-refractivity contribution in [2.24, 2.45) is 13.0 Å². The van der Waals surface area contributed by atoms with E-state index >= 15 is 4.39 Å². The molecule has 1 unspecified atom stereocenters. The van der Waals surface area contributed by atoms with Gasteiger partial charge in [0.15, 0.2) is 0 Å². The largest absolute Gasteiger partial charge is 0.329 e. The van der Waals surface area contributed by atoms with Gasteiger partial charge in [-0.15, -0.1) is 0 Å². The Morgan fingerprint density at radius 2 is 1.81 bits per heavy atom. The molecule has 3 atom stereocenters. The van der Waals surface area contributed by atoms with Gasteiger partial charge in [0.25, 0.3) is 5.91 Å². The Morgan fingerprint density at radius 3 is 2.58 bits per heavy atom. The van der Waals surface area contributed by atoms with Gasteiger partial charge in [-0.3, -0.25) is 33.5 Å². The monoisotopic (exact) mass is 706 g/mol. The molecular formula is C39H43FN8O4. The van der Waals surface area contributed by atoms with Crippen LogP contribution in [-0.4, -0.2) is 72.3 Å². The van der Waals surface area contributed by atoms with Crippen molar-refractivity contribution in [2.45, 2.75) is 76.0 Å². The van der Waals surface area contributed by atoms with Crippen LogP contribution < -0.4 is 16.3 Å². The van der Waals surface area contributed by atoms with Crippen LogP contribution in [0.3, 0.4) is 0 Å². The summed E-state index contributed by atoms with van der Waals surface area (Å²) in [7, 11) is 1.67. The number of anilines is 1. The third-order valence-electron chi connectivity index (χ3n) is 11.3. The number of alkyl halides is 1. The minimum absolute atomic E-state index is 0.169. The summed E-state index contributed by atoms with van der Waals surface area (Å²) in [6.45, 7) is 3.82. The van der Waals surface area contributed by atoms with Crippen LogP contribution in [-0.2, 0) is 16.6 Å². The van der Waals surface area contributed by atoms with Crippen LogP contribution in [0.25, 0.3) is 21.9 Å². The molecule has 2 aliphatic heterocycles. The first-order chi connectivity index (χ1) is 25.1. The highest BCUT2D eigenvalue weighted by atomic mass is 19.1. The van der Waals surface area contributed by atoms with Gasteiger partial charge in [0.2, 0.25) is 11.8 Å². The number of piperidine rings is 2. The summed E-state index contributed by atoms with van der Waals surface area (Å²) in [6, 6.07) is 16.2. The van der Waals surface area contributed by atoms with Crippen LogP contribution in [0.4, 0.5) is 10.1 Å². The lowest BCUT2D eigenvalue weighted by Crippen LogP contribution is -2.44. The van der Waals surface area contributed by atoms with Gasteiger partial charge in [0.05, 0.1) is 22.6 Å². The topological polar surface area (TPSA) is 136 Å². The number of nitrogens with one attached hydrogen (secondary N) is 2. The number of para-hydroxylation sites is 1. The maximum Gasteiger partial charge on any atom is 0.329 e. The van der Waals surface area contributed by atoms with Crippen molar-refractivity contribution >= 4 is 45.3 Å². The van der Waals surface area contributed by atoms with Crippen molar-refractivity contribution in [1.29, 1.82) is 0 Å². The molecule has 3 aliphatic rings. The second-order valence-electron chi connectivity index (χ2n) is 14.7. The zero-order valence-electron chi connectivity index (χ0n) is 29.4. The normalized spacial score (nSPS) is 24.3. The number of amides is 3. The SMILES string of the molecule is Cc1cccc(C(=O)Nc2ccc3nn([C@H]4CC[C@H](CN5CC[C@@H](c6cccc7c6n(C)c(=O)n7C6CCC(=O)NC6=O)[C@@H](F)C5)CC4)cc3c2)n1. The van der Waals surface area contributed by atoms with Gasteiger partial charge in [-0.2, -0.15) is 5.10 Å². The number of halogens is 1. The van der Waals surface area contributed by atoms with Gasteiger partial charge in [0, 0.05) is 55.4 Å². The molecule has 8 rings (SSSR count). The number of carbonyl (C=O) groups is 3. The third-order valence-corrected chi connectivity index (χ3v) is 11.3. The first-order valence-electron chi connectivity index (χ1n) is 18.3. The minimum Gasteiger partial charge on any atom is -0.321 e. The first-order valence-corrected chi connectivity index (χ1v) is 18.3. The lowest BCUT2D eigenvalue weighted by molar-refractivity contribution is -0.135. The van der Waals surface area contributed by atoms with E-state index in [1.807, 2.05) is 49.4 Å². The quantitative estimate of drug-likeness (QED) is 0.223. The summed E-state index contributed by atoms with van der Waals surface area (Å²) in [5.41, 5.74) is 4.45. The summed E-state index contributed by atoms with van der Waals surface area (Å²) in [5, 5.41) is 11.1. The maximum absolute atomic E-state index is 16.1. The fourth-order valence-corrected chi connectivity index (χ4v) is 8.61. The molecule has 5 aromatic rings. The fourth-order valence-electron chi connectivity index (χ4n) is 8.61. The van der Waals surface area contributed by atoms with Gasteiger partial charge >= 0.3 is 5.69 Å². The first kappa shape index (κ1) is 33.9. The van der Waals surface area contributed by atoms with E-state index in [-0.39, 0.29) is 42.3 Å². The number of aryl methyl sites for hydroxylation is 2. The number of fused-ring (bicyclic) bond motifs is 2. The van der Waals surface area contributed by atoms with E-state index in [0.717, 1.165) is 60.9 Å². The average Bonchev–Trinajstić information content (AvgIpc) is 3.66. The van der Waals surface area contributed by atoms with Gasteiger partial charge in [0.1, 0.15) is 17.9 Å². The zero-order chi connectivity index (χ0) is 36.1. The van der Waals surface area contributed by atoms with E-state index < -0.39 is 18.1 Å². The Balaban J connectivity index is 0.880. The summed E-state index contributed by atoms with van der Waals surface area (Å²) in [5.74, 6) is -0.941. The molecular weight excluding hydrogens is 663 g/mol. The fraction of sp³-hybridized carbons (Fsp3) is 0.436. The number of imide groups is 1. The van der Waals surface area contributed by atoms with E-state index in [1.165, 1.54) is 9.13 Å². The van der Waals surface area contributed by atoms with Crippen LogP contribution in [0.1, 0.15) is 84.7 Å². The Kier molecular flexibility index (Phi) is 8.98. The van der Waals surface area contributed by atoms with E-state index in [1.54, 1.807) is 19.2 Å². The lowest BCUT2D eigenvalue weighted by atomic mass is 9.83. The zero-order valence-corrected chi connectivity index (χ0v) is 29.4. The number of rotatable bonds is 7. The average molecular weight is 707 g/mol. The second-order valence-corrected chi connectivity index (χ2v) is 14.7. The smallest absolute Gasteiger partial charge is 0.321 e. The molecule has 0 spiro atoms. The molecule has 3 amide bonds. The van der Waals surface area contributed by atoms with E-state index in [9.17, 15) is 19.2 Å². The summed E-state index contributed by atoms with van der Waals surface area (Å²) in [4.78, 5) is 57.1. The van der Waals surface area contributed by atoms with Crippen molar-refractivity contribution < 1.29 is 18.8 Å². The molecule has 3 fully saturated rings. The summed E-state index contributed by atoms with van der Waals surface area (Å²) < 4.78 is 21.1. The molecule has 1 saturated carbocycles. The van der Waals surface area contributed by atoms with E-state index in [2.05, 4.69) is 31.4 Å². The van der Waals surface area contributed by atoms with Gasteiger partial charge in [-0.05, 0) is 99.9 Å². The maximum atomic E-state index is 16.1. The van der Waals surface area contributed by atoms with Crippen molar-refractivity contribution in [1.82, 2.24) is 34.1 Å². The molecule has 0 radical (unpaired) electrons. The van der Waals surface area contributed by atoms with Crippen molar-refractivity contribution in [3.8, 4) is 0 Å². The van der Waals surface area contributed by atoms with Crippen molar-refractivity contribution in [3.63, 3.8) is 0 Å². The van der Waals surface area contributed by atoms with Crippen LogP contribution in [0, 0.1) is 12.8 Å². The van der Waals surface area contributed by atoms with Gasteiger partial charge in [-0.1, -0.05) is 18.2 Å². The number of pyridine rings is 1. The number of benzene rings is 2. The molecule has 270 valence electrons. The van der Waals surface area contributed by atoms with Crippen LogP contribution >= 0.6 is 0 Å². The molecule has 2 saturated heterocycles. The number of hydrogen-bond donors (Lipinski definition) is 2. The standard InChI is InChI=1S/C39H43FN8O4/c1-23-5-3-7-32(41-23)37(50)42-26-11-14-31-25(19-26)21-47(44-31)27-12-9-24(10-13-27)20-46-18-17-28(30(40)22-46)29-6-4-8-33-36(29)45(2)39(52)48(33)34-15-16-35(49)43-38(34)51/h3-8,11,14,19,21,24,27-28,30,34H,9-10,12-13,15-18,20,22H2,1-2H3,(H,42,50)(H,43,49,51)/t24-,27-,28-,30-,34?/m0/s1. The highest BCUT2D eigenvalue weighted by Crippen LogP contribution is 2.38. The van der Waals surface area contributed by atoms with Crippen LogP contribution in [0.15, 0.2) is 65.6 Å². The molecule has 3 aromatic heterocycles. The van der Waals surface area contributed by atoms with Gasteiger partial charge < -0.3 is 10.2 Å². The van der Waals surface area contributed by atoms with Crippen LogP contribution in [0.5, 0.6) is 0 Å². The molecule has 2 N–H and O–H groups in total. The predicted molar refractivity (Wildman–Crippen MR) is 195 cm³/mol. The van der Waals surface area contributed by atoms with E-state index in [4.69, 9.17) is 5.10 Å². The highest BCUT2D eigenvalue weighted by Gasteiger charge is 2.36. The molecule has 12 nitrogen and oxygen atoms in total. The minimum atomic E-state index is -1.09. The molecule has 1 aliphatic carbocycles. The molecule has 2 aromatic carbocycles. The third kappa shape index (κ3) is 6.42. The molecule has 13 heteroatoms. The Bertz CT molecular complexity index is 2250. The number of likely N-dealkylation sites (tertiary alicyclic amines) is 1. The Hall–Kier alpha value is -5.17. The predicted octanol–water partition coefficient (Wildman–Crippen LogP) is 5.18. The molecule has 5 heterocycles.